The molecule has 0 saturated carbocycles. The molecule has 3 aromatic carbocycles. The Kier molecular flexibility index (Phi) is 7.93. The number of fused-ring (bicyclic) bond motifs is 1. The maximum atomic E-state index is 13.1. The van der Waals surface area contributed by atoms with Crippen LogP contribution in [0, 0.1) is 6.92 Å². The van der Waals surface area contributed by atoms with Crippen molar-refractivity contribution >= 4 is 22.8 Å². The van der Waals surface area contributed by atoms with E-state index in [1.165, 1.54) is 0 Å². The predicted molar refractivity (Wildman–Crippen MR) is 139 cm³/mol. The van der Waals surface area contributed by atoms with E-state index in [9.17, 15) is 9.59 Å². The number of rotatable bonds is 10. The molecule has 1 aromatic heterocycles. The van der Waals surface area contributed by atoms with E-state index in [2.05, 4.69) is 5.32 Å². The van der Waals surface area contributed by atoms with Gasteiger partial charge in [0.05, 0.1) is 17.5 Å². The van der Waals surface area contributed by atoms with Crippen LogP contribution in [0.4, 0.5) is 0 Å². The molecule has 0 atom stereocenters. The summed E-state index contributed by atoms with van der Waals surface area (Å²) in [5, 5.41) is 3.02. The Hall–Kier alpha value is -3.93. The van der Waals surface area contributed by atoms with E-state index in [1.54, 1.807) is 4.90 Å². The van der Waals surface area contributed by atoms with Gasteiger partial charge in [-0.25, -0.2) is 4.98 Å². The summed E-state index contributed by atoms with van der Waals surface area (Å²) >= 11 is 0. The largest absolute Gasteiger partial charge is 0.356 e. The third kappa shape index (κ3) is 6.35. The average molecular weight is 469 g/mol. The van der Waals surface area contributed by atoms with Gasteiger partial charge in [0, 0.05) is 26.6 Å². The Morgan fingerprint density at radius 3 is 2.46 bits per heavy atom. The van der Waals surface area contributed by atoms with Gasteiger partial charge in [-0.2, -0.15) is 0 Å². The maximum Gasteiger partial charge on any atom is 0.242 e. The van der Waals surface area contributed by atoms with Crippen molar-refractivity contribution in [1.82, 2.24) is 19.8 Å². The zero-order chi connectivity index (χ0) is 24.6. The van der Waals surface area contributed by atoms with E-state index in [0.717, 1.165) is 40.0 Å². The van der Waals surface area contributed by atoms with Crippen LogP contribution in [-0.2, 0) is 35.5 Å². The Labute approximate surface area is 206 Å². The van der Waals surface area contributed by atoms with Crippen LogP contribution in [-0.4, -0.2) is 39.9 Å². The molecule has 0 fully saturated rings. The van der Waals surface area contributed by atoms with Gasteiger partial charge in [0.15, 0.2) is 0 Å². The molecule has 2 amide bonds. The van der Waals surface area contributed by atoms with E-state index in [0.29, 0.717) is 25.9 Å². The number of carbonyl (C=O) groups is 2. The second-order valence-corrected chi connectivity index (χ2v) is 8.90. The lowest BCUT2D eigenvalue weighted by atomic mass is 10.1. The van der Waals surface area contributed by atoms with E-state index in [4.69, 9.17) is 4.98 Å². The first kappa shape index (κ1) is 24.2. The van der Waals surface area contributed by atoms with Crippen molar-refractivity contribution in [2.75, 3.05) is 13.6 Å². The van der Waals surface area contributed by atoms with Crippen molar-refractivity contribution in [3.8, 4) is 0 Å². The number of carbonyl (C=O) groups excluding carboxylic acids is 2. The summed E-state index contributed by atoms with van der Waals surface area (Å²) < 4.78 is 2.01. The van der Waals surface area contributed by atoms with Crippen molar-refractivity contribution in [1.29, 1.82) is 0 Å². The number of amides is 2. The van der Waals surface area contributed by atoms with Crippen LogP contribution in [0.5, 0.6) is 0 Å². The highest BCUT2D eigenvalue weighted by molar-refractivity contribution is 5.81. The van der Waals surface area contributed by atoms with Gasteiger partial charge in [-0.15, -0.1) is 0 Å². The third-order valence-corrected chi connectivity index (χ3v) is 6.23. The summed E-state index contributed by atoms with van der Waals surface area (Å²) in [6.07, 6.45) is 1.80. The van der Waals surface area contributed by atoms with Gasteiger partial charge in [0.1, 0.15) is 12.4 Å². The number of hydrogen-bond acceptors (Lipinski definition) is 3. The highest BCUT2D eigenvalue weighted by atomic mass is 16.2. The monoisotopic (exact) mass is 468 g/mol. The Bertz CT molecular complexity index is 1300. The zero-order valence-corrected chi connectivity index (χ0v) is 20.4. The molecule has 0 saturated heterocycles. The average Bonchev–Trinajstić information content (AvgIpc) is 3.21. The van der Waals surface area contributed by atoms with Crippen LogP contribution in [0.25, 0.3) is 11.0 Å². The van der Waals surface area contributed by atoms with Crippen molar-refractivity contribution in [2.45, 2.75) is 39.3 Å². The number of benzene rings is 3. The number of nitrogens with one attached hydrogen (secondary N) is 1. The summed E-state index contributed by atoms with van der Waals surface area (Å²) in [6.45, 7) is 3.38. The van der Waals surface area contributed by atoms with Crippen LogP contribution in [0.1, 0.15) is 28.9 Å². The summed E-state index contributed by atoms with van der Waals surface area (Å²) in [4.78, 5) is 32.0. The smallest absolute Gasteiger partial charge is 0.242 e. The number of nitrogens with zero attached hydrogens (tertiary/aromatic N) is 3. The Morgan fingerprint density at radius 2 is 1.66 bits per heavy atom. The topological polar surface area (TPSA) is 67.2 Å². The molecule has 0 aliphatic carbocycles. The van der Waals surface area contributed by atoms with Gasteiger partial charge >= 0.3 is 0 Å². The molecule has 6 heteroatoms. The molecule has 0 aliphatic rings. The van der Waals surface area contributed by atoms with Gasteiger partial charge in [-0.1, -0.05) is 66.7 Å². The van der Waals surface area contributed by atoms with Gasteiger partial charge in [-0.05, 0) is 42.2 Å². The Balaban J connectivity index is 1.37. The lowest BCUT2D eigenvalue weighted by Crippen LogP contribution is -2.30. The molecule has 0 aliphatic heterocycles. The second kappa shape index (κ2) is 11.5. The molecule has 180 valence electrons. The van der Waals surface area contributed by atoms with E-state index >= 15 is 0 Å². The maximum absolute atomic E-state index is 13.1. The first-order chi connectivity index (χ1) is 17.0. The van der Waals surface area contributed by atoms with Crippen molar-refractivity contribution < 1.29 is 9.59 Å². The van der Waals surface area contributed by atoms with Crippen LogP contribution in [0.3, 0.4) is 0 Å². The number of aromatic nitrogens is 2. The lowest BCUT2D eigenvalue weighted by Gasteiger charge is -2.19. The normalized spacial score (nSPS) is 10.9. The van der Waals surface area contributed by atoms with Crippen molar-refractivity contribution in [2.24, 2.45) is 0 Å². The number of hydrogen-bond donors (Lipinski definition) is 1. The predicted octanol–water partition coefficient (Wildman–Crippen LogP) is 4.29. The number of para-hydroxylation sites is 2. The summed E-state index contributed by atoms with van der Waals surface area (Å²) in [6, 6.07) is 25.8. The van der Waals surface area contributed by atoms with E-state index < -0.39 is 0 Å². The van der Waals surface area contributed by atoms with Crippen molar-refractivity contribution in [3.05, 3.63) is 101 Å². The molecule has 0 bridgehead atoms. The zero-order valence-electron chi connectivity index (χ0n) is 20.4. The minimum absolute atomic E-state index is 0.0190. The highest BCUT2D eigenvalue weighted by Crippen LogP contribution is 2.18. The van der Waals surface area contributed by atoms with Crippen LogP contribution in [0.15, 0.2) is 78.9 Å². The van der Waals surface area contributed by atoms with Crippen molar-refractivity contribution in [3.63, 3.8) is 0 Å². The molecule has 4 rings (SSSR count). The molecule has 4 aromatic rings. The molecule has 0 unspecified atom stereocenters. The molecule has 35 heavy (non-hydrogen) atoms. The first-order valence-electron chi connectivity index (χ1n) is 12.0. The summed E-state index contributed by atoms with van der Waals surface area (Å²) in [5.41, 5.74) is 5.10. The molecule has 0 radical (unpaired) electrons. The lowest BCUT2D eigenvalue weighted by molar-refractivity contribution is -0.131. The number of aryl methyl sites for hydroxylation is 2. The van der Waals surface area contributed by atoms with Crippen LogP contribution >= 0.6 is 0 Å². The van der Waals surface area contributed by atoms with E-state index in [-0.39, 0.29) is 18.4 Å². The Morgan fingerprint density at radius 1 is 0.943 bits per heavy atom. The SMILES string of the molecule is Cc1ccccc1CC(=O)NCCCc1nc2ccccc2n1CC(=O)N(C)Cc1ccccc1. The molecular weight excluding hydrogens is 436 g/mol. The minimum Gasteiger partial charge on any atom is -0.356 e. The molecule has 0 spiro atoms. The third-order valence-electron chi connectivity index (χ3n) is 6.23. The van der Waals surface area contributed by atoms with Crippen LogP contribution in [0.2, 0.25) is 0 Å². The van der Waals surface area contributed by atoms with Gasteiger partial charge in [-0.3, -0.25) is 9.59 Å². The van der Waals surface area contributed by atoms with Gasteiger partial charge in [0.2, 0.25) is 11.8 Å². The summed E-state index contributed by atoms with van der Waals surface area (Å²) in [5.74, 6) is 0.913. The standard InChI is InChI=1S/C29H32N4O2/c1-22-11-6-7-14-24(22)19-28(34)30-18-10-17-27-31-25-15-8-9-16-26(25)33(27)21-29(35)32(2)20-23-12-4-3-5-13-23/h3-9,11-16H,10,17-21H2,1-2H3,(H,30,34). The fraction of sp³-hybridized carbons (Fsp3) is 0.276. The van der Waals surface area contributed by atoms with Crippen LogP contribution < -0.4 is 5.32 Å². The molecule has 6 nitrogen and oxygen atoms in total. The first-order valence-corrected chi connectivity index (χ1v) is 12.0. The quantitative estimate of drug-likeness (QED) is 0.353. The fourth-order valence-electron chi connectivity index (χ4n) is 4.21. The highest BCUT2D eigenvalue weighted by Gasteiger charge is 2.16. The van der Waals surface area contributed by atoms with Gasteiger partial charge in [0.25, 0.3) is 0 Å². The van der Waals surface area contributed by atoms with Gasteiger partial charge < -0.3 is 14.8 Å². The fourth-order valence-corrected chi connectivity index (χ4v) is 4.21. The molecular formula is C29H32N4O2. The van der Waals surface area contributed by atoms with E-state index in [1.807, 2.05) is 97.4 Å². The summed E-state index contributed by atoms with van der Waals surface area (Å²) in [7, 11) is 1.83. The molecule has 1 heterocycles. The number of likely N-dealkylation sites (N-methyl/N-ethyl adjacent to an activating group) is 1. The second-order valence-electron chi connectivity index (χ2n) is 8.90. The molecule has 1 N–H and O–H groups in total. The minimum atomic E-state index is 0.0190. The number of imidazole rings is 1.